The average molecular weight is 434 g/mol. The van der Waals surface area contributed by atoms with E-state index in [1.807, 2.05) is 35.2 Å². The minimum atomic E-state index is -0.481. The molecule has 166 valence electrons. The van der Waals surface area contributed by atoms with Gasteiger partial charge in [0, 0.05) is 25.6 Å². The first-order valence-corrected chi connectivity index (χ1v) is 10.7. The number of hydrogen-bond donors (Lipinski definition) is 1. The Kier molecular flexibility index (Phi) is 6.20. The molecule has 0 bridgehead atoms. The summed E-state index contributed by atoms with van der Waals surface area (Å²) in [5.41, 5.74) is 7.23. The Balaban J connectivity index is 1.75. The van der Waals surface area contributed by atoms with Crippen molar-refractivity contribution in [3.63, 3.8) is 0 Å². The van der Waals surface area contributed by atoms with E-state index in [1.165, 1.54) is 7.11 Å². The molecule has 2 aromatic carbocycles. The number of rotatable bonds is 6. The number of nitrogens with two attached hydrogens (primary N) is 1. The molecule has 1 amide bonds. The fourth-order valence-corrected chi connectivity index (χ4v) is 4.15. The zero-order valence-corrected chi connectivity index (χ0v) is 18.0. The van der Waals surface area contributed by atoms with E-state index >= 15 is 0 Å². The second kappa shape index (κ2) is 9.21. The minimum absolute atomic E-state index is 0.158. The number of fused-ring (bicyclic) bond motifs is 1. The van der Waals surface area contributed by atoms with Crippen molar-refractivity contribution in [2.75, 3.05) is 25.1 Å². The number of primary amides is 1. The maximum absolute atomic E-state index is 13.4. The van der Waals surface area contributed by atoms with Gasteiger partial charge in [-0.15, -0.1) is 0 Å². The van der Waals surface area contributed by atoms with Crippen molar-refractivity contribution < 1.29 is 14.3 Å². The van der Waals surface area contributed by atoms with Crippen LogP contribution in [0.2, 0.25) is 0 Å². The number of carbonyl (C=O) groups is 2. The van der Waals surface area contributed by atoms with Crippen molar-refractivity contribution in [3.05, 3.63) is 70.0 Å². The number of anilines is 1. The maximum Gasteiger partial charge on any atom is 0.337 e. The van der Waals surface area contributed by atoms with Crippen molar-refractivity contribution in [3.8, 4) is 0 Å². The topological polar surface area (TPSA) is 108 Å². The molecule has 1 aromatic heterocycles. The van der Waals surface area contributed by atoms with E-state index in [9.17, 15) is 14.4 Å². The standard InChI is InChI=1S/C24H26N4O4/c1-32-23(31)18-7-8-19-20(15-18)26-24(27-12-10-17(11-13-27)21(25)29)28(22(19)30)14-9-16-5-3-2-4-6-16/h2-8,15,17H,9-14H2,1H3,(H2,25,29). The second-order valence-corrected chi connectivity index (χ2v) is 7.99. The predicted octanol–water partition coefficient (Wildman–Crippen LogP) is 2.13. The quantitative estimate of drug-likeness (QED) is 0.596. The molecule has 4 rings (SSSR count). The summed E-state index contributed by atoms with van der Waals surface area (Å²) >= 11 is 0. The predicted molar refractivity (Wildman–Crippen MR) is 122 cm³/mol. The third kappa shape index (κ3) is 4.34. The summed E-state index contributed by atoms with van der Waals surface area (Å²) in [6.45, 7) is 1.62. The van der Waals surface area contributed by atoms with Crippen LogP contribution in [-0.4, -0.2) is 41.6 Å². The molecule has 1 aliphatic heterocycles. The van der Waals surface area contributed by atoms with Crippen LogP contribution in [0.3, 0.4) is 0 Å². The van der Waals surface area contributed by atoms with Crippen LogP contribution in [0.25, 0.3) is 10.9 Å². The van der Waals surface area contributed by atoms with Gasteiger partial charge in [0.2, 0.25) is 11.9 Å². The molecule has 0 aliphatic carbocycles. The number of aromatic nitrogens is 2. The number of piperidine rings is 1. The Morgan fingerprint density at radius 3 is 2.50 bits per heavy atom. The van der Waals surface area contributed by atoms with Gasteiger partial charge in [0.15, 0.2) is 0 Å². The van der Waals surface area contributed by atoms with Crippen molar-refractivity contribution in [1.82, 2.24) is 9.55 Å². The van der Waals surface area contributed by atoms with E-state index in [-0.39, 0.29) is 17.4 Å². The Bertz CT molecular complexity index is 1200. The molecule has 1 fully saturated rings. The molecule has 0 radical (unpaired) electrons. The van der Waals surface area contributed by atoms with Gasteiger partial charge in [-0.05, 0) is 43.0 Å². The minimum Gasteiger partial charge on any atom is -0.465 e. The molecule has 3 aromatic rings. The molecular weight excluding hydrogens is 408 g/mol. The summed E-state index contributed by atoms with van der Waals surface area (Å²) in [7, 11) is 1.32. The highest BCUT2D eigenvalue weighted by molar-refractivity contribution is 5.94. The third-order valence-electron chi connectivity index (χ3n) is 6.00. The van der Waals surface area contributed by atoms with Crippen molar-refractivity contribution >= 4 is 28.7 Å². The molecule has 2 heterocycles. The summed E-state index contributed by atoms with van der Waals surface area (Å²) < 4.78 is 6.50. The number of esters is 1. The van der Waals surface area contributed by atoms with Crippen molar-refractivity contribution in [2.24, 2.45) is 11.7 Å². The van der Waals surface area contributed by atoms with Crippen LogP contribution < -0.4 is 16.2 Å². The molecule has 8 heteroatoms. The number of methoxy groups -OCH3 is 1. The van der Waals surface area contributed by atoms with E-state index in [0.29, 0.717) is 61.3 Å². The highest BCUT2D eigenvalue weighted by Crippen LogP contribution is 2.23. The van der Waals surface area contributed by atoms with Gasteiger partial charge < -0.3 is 15.4 Å². The molecule has 8 nitrogen and oxygen atoms in total. The smallest absolute Gasteiger partial charge is 0.337 e. The van der Waals surface area contributed by atoms with Crippen LogP contribution in [-0.2, 0) is 22.5 Å². The first kappa shape index (κ1) is 21.5. The zero-order valence-electron chi connectivity index (χ0n) is 18.0. The largest absolute Gasteiger partial charge is 0.465 e. The zero-order chi connectivity index (χ0) is 22.7. The van der Waals surface area contributed by atoms with E-state index in [2.05, 4.69) is 0 Å². The summed E-state index contributed by atoms with van der Waals surface area (Å²) in [6.07, 6.45) is 1.91. The van der Waals surface area contributed by atoms with Gasteiger partial charge in [-0.3, -0.25) is 14.2 Å². The third-order valence-corrected chi connectivity index (χ3v) is 6.00. The monoisotopic (exact) mass is 434 g/mol. The number of ether oxygens (including phenoxy) is 1. The average Bonchev–Trinajstić information content (AvgIpc) is 2.83. The van der Waals surface area contributed by atoms with Gasteiger partial charge in [0.25, 0.3) is 5.56 Å². The van der Waals surface area contributed by atoms with Crippen LogP contribution in [0.1, 0.15) is 28.8 Å². The Morgan fingerprint density at radius 2 is 1.84 bits per heavy atom. The number of benzene rings is 2. The molecule has 0 atom stereocenters. The number of nitrogens with zero attached hydrogens (tertiary/aromatic N) is 3. The highest BCUT2D eigenvalue weighted by Gasteiger charge is 2.26. The van der Waals surface area contributed by atoms with Crippen LogP contribution in [0, 0.1) is 5.92 Å². The first-order chi connectivity index (χ1) is 15.5. The van der Waals surface area contributed by atoms with Crippen molar-refractivity contribution in [2.45, 2.75) is 25.8 Å². The van der Waals surface area contributed by atoms with E-state index in [1.54, 1.807) is 22.8 Å². The summed E-state index contributed by atoms with van der Waals surface area (Å²) in [6, 6.07) is 14.8. The van der Waals surface area contributed by atoms with Gasteiger partial charge >= 0.3 is 5.97 Å². The van der Waals surface area contributed by atoms with Gasteiger partial charge in [-0.1, -0.05) is 30.3 Å². The molecule has 0 saturated carbocycles. The van der Waals surface area contributed by atoms with E-state index in [0.717, 1.165) is 5.56 Å². The molecular formula is C24H26N4O4. The van der Waals surface area contributed by atoms with Gasteiger partial charge in [0.1, 0.15) is 0 Å². The normalized spacial score (nSPS) is 14.5. The fourth-order valence-electron chi connectivity index (χ4n) is 4.15. The number of hydrogen-bond acceptors (Lipinski definition) is 6. The van der Waals surface area contributed by atoms with Crippen LogP contribution in [0.4, 0.5) is 5.95 Å². The number of amides is 1. The van der Waals surface area contributed by atoms with Gasteiger partial charge in [0.05, 0.1) is 23.6 Å². The molecule has 0 spiro atoms. The SMILES string of the molecule is COC(=O)c1ccc2c(=O)n(CCc3ccccc3)c(N3CCC(C(N)=O)CC3)nc2c1. The van der Waals surface area contributed by atoms with Crippen LogP contribution in [0.15, 0.2) is 53.3 Å². The molecule has 1 saturated heterocycles. The highest BCUT2D eigenvalue weighted by atomic mass is 16.5. The summed E-state index contributed by atoms with van der Waals surface area (Å²) in [4.78, 5) is 43.8. The lowest BCUT2D eigenvalue weighted by Crippen LogP contribution is -2.41. The maximum atomic E-state index is 13.4. The molecule has 1 aliphatic rings. The fraction of sp³-hybridized carbons (Fsp3) is 0.333. The first-order valence-electron chi connectivity index (χ1n) is 10.7. The lowest BCUT2D eigenvalue weighted by molar-refractivity contribution is -0.122. The molecule has 2 N–H and O–H groups in total. The summed E-state index contributed by atoms with van der Waals surface area (Å²) in [5.74, 6) is -0.392. The van der Waals surface area contributed by atoms with Crippen molar-refractivity contribution in [1.29, 1.82) is 0 Å². The second-order valence-electron chi connectivity index (χ2n) is 7.99. The van der Waals surface area contributed by atoms with Crippen LogP contribution in [0.5, 0.6) is 0 Å². The molecule has 0 unspecified atom stereocenters. The lowest BCUT2D eigenvalue weighted by atomic mass is 9.96. The van der Waals surface area contributed by atoms with Gasteiger partial charge in [-0.2, -0.15) is 0 Å². The van der Waals surface area contributed by atoms with Crippen LogP contribution >= 0.6 is 0 Å². The molecule has 32 heavy (non-hydrogen) atoms. The van der Waals surface area contributed by atoms with Gasteiger partial charge in [-0.25, -0.2) is 9.78 Å². The summed E-state index contributed by atoms with van der Waals surface area (Å²) in [5, 5.41) is 0.446. The van der Waals surface area contributed by atoms with E-state index in [4.69, 9.17) is 15.5 Å². The number of carbonyl (C=O) groups excluding carboxylic acids is 2. The number of aryl methyl sites for hydroxylation is 1. The Morgan fingerprint density at radius 1 is 1.12 bits per heavy atom. The lowest BCUT2D eigenvalue weighted by Gasteiger charge is -2.33. The Labute approximate surface area is 185 Å². The van der Waals surface area contributed by atoms with E-state index < -0.39 is 5.97 Å². The Hall–Kier alpha value is -3.68.